The third kappa shape index (κ3) is 6.94. The number of hydrogen-bond donors (Lipinski definition) is 2. The summed E-state index contributed by atoms with van der Waals surface area (Å²) in [5.41, 5.74) is 5.76. The minimum absolute atomic E-state index is 0.0338. The van der Waals surface area contributed by atoms with E-state index in [2.05, 4.69) is 42.5 Å². The van der Waals surface area contributed by atoms with Crippen LogP contribution in [-0.2, 0) is 6.54 Å². The second kappa shape index (κ2) is 12.7. The van der Waals surface area contributed by atoms with E-state index >= 15 is 0 Å². The van der Waals surface area contributed by atoms with Crippen molar-refractivity contribution >= 4 is 35.2 Å². The van der Waals surface area contributed by atoms with Crippen molar-refractivity contribution in [2.24, 2.45) is 0 Å². The number of nitrogens with zero attached hydrogens (tertiary/aromatic N) is 4. The molecule has 0 aliphatic heterocycles. The predicted molar refractivity (Wildman–Crippen MR) is 168 cm³/mol. The van der Waals surface area contributed by atoms with Crippen LogP contribution in [0.25, 0.3) is 28.2 Å². The first kappa shape index (κ1) is 29.2. The van der Waals surface area contributed by atoms with Crippen LogP contribution in [0.5, 0.6) is 0 Å². The van der Waals surface area contributed by atoms with E-state index < -0.39 is 6.09 Å². The van der Waals surface area contributed by atoms with E-state index in [1.807, 2.05) is 65.4 Å². The summed E-state index contributed by atoms with van der Waals surface area (Å²) in [5.74, 6) is 0. The number of allylic oxidation sites excluding steroid dienone is 1. The van der Waals surface area contributed by atoms with Gasteiger partial charge in [0.15, 0.2) is 0 Å². The normalized spacial score (nSPS) is 17.5. The maximum atomic E-state index is 12.8. The molecule has 0 saturated heterocycles. The van der Waals surface area contributed by atoms with Crippen LogP contribution in [0.15, 0.2) is 72.8 Å². The minimum atomic E-state index is -0.920. The van der Waals surface area contributed by atoms with E-state index in [1.54, 1.807) is 17.0 Å². The summed E-state index contributed by atoms with van der Waals surface area (Å²) in [7, 11) is 0. The summed E-state index contributed by atoms with van der Waals surface area (Å²) < 4.78 is 1.83. The molecular formula is C34H39N5O3. The molecule has 2 N–H and O–H groups in total. The monoisotopic (exact) mass is 565 g/mol. The number of aryl methyl sites for hydroxylation is 1. The van der Waals surface area contributed by atoms with Gasteiger partial charge < -0.3 is 10.4 Å². The Morgan fingerprint density at radius 2 is 1.76 bits per heavy atom. The topological polar surface area (TPSA) is 100 Å². The Morgan fingerprint density at radius 1 is 1.02 bits per heavy atom. The highest BCUT2D eigenvalue weighted by Gasteiger charge is 2.32. The van der Waals surface area contributed by atoms with Crippen LogP contribution in [0.1, 0.15) is 68.8 Å². The van der Waals surface area contributed by atoms with Crippen molar-refractivity contribution in [1.82, 2.24) is 20.3 Å². The van der Waals surface area contributed by atoms with E-state index in [9.17, 15) is 14.7 Å². The number of benzene rings is 3. The Hall–Kier alpha value is -4.30. The van der Waals surface area contributed by atoms with Gasteiger partial charge in [0.05, 0.1) is 11.2 Å². The van der Waals surface area contributed by atoms with E-state index in [0.717, 1.165) is 66.3 Å². The summed E-state index contributed by atoms with van der Waals surface area (Å²) >= 11 is 0. The Morgan fingerprint density at radius 3 is 2.45 bits per heavy atom. The summed E-state index contributed by atoms with van der Waals surface area (Å²) in [5, 5.41) is 22.6. The highest BCUT2D eigenvalue weighted by atomic mass is 16.4. The summed E-state index contributed by atoms with van der Waals surface area (Å²) in [6.45, 7) is 7.15. The SMILES string of the molecule is CC(C)(C)N[C@H]1CC[C@H](N(C(=O)O)c2cc(C=CCCn3nnc4cc(C=O)ccc43)ccc2-c2ccccc2)CC1. The van der Waals surface area contributed by atoms with Crippen LogP contribution < -0.4 is 10.2 Å². The number of carbonyl (C=O) groups is 2. The van der Waals surface area contributed by atoms with Gasteiger partial charge in [0.25, 0.3) is 0 Å². The van der Waals surface area contributed by atoms with Gasteiger partial charge >= 0.3 is 6.09 Å². The van der Waals surface area contributed by atoms with Crippen molar-refractivity contribution < 1.29 is 14.7 Å². The largest absolute Gasteiger partial charge is 0.465 e. The van der Waals surface area contributed by atoms with Crippen molar-refractivity contribution in [3.05, 3.63) is 83.9 Å². The van der Waals surface area contributed by atoms with Gasteiger partial charge in [-0.1, -0.05) is 59.8 Å². The molecule has 0 radical (unpaired) electrons. The molecule has 1 amide bonds. The van der Waals surface area contributed by atoms with Gasteiger partial charge in [0.2, 0.25) is 0 Å². The maximum absolute atomic E-state index is 12.8. The summed E-state index contributed by atoms with van der Waals surface area (Å²) in [4.78, 5) is 25.5. The van der Waals surface area contributed by atoms with Crippen LogP contribution in [0.4, 0.5) is 10.5 Å². The molecule has 1 fully saturated rings. The molecule has 5 rings (SSSR count). The molecule has 0 bridgehead atoms. The van der Waals surface area contributed by atoms with Gasteiger partial charge in [-0.05, 0) is 88.3 Å². The lowest BCUT2D eigenvalue weighted by atomic mass is 9.88. The smallest absolute Gasteiger partial charge is 0.412 e. The van der Waals surface area contributed by atoms with Gasteiger partial charge in [0, 0.05) is 35.3 Å². The van der Waals surface area contributed by atoms with Crippen LogP contribution in [0, 0.1) is 0 Å². The van der Waals surface area contributed by atoms with Crippen molar-refractivity contribution in [2.45, 2.75) is 77.0 Å². The van der Waals surface area contributed by atoms with Crippen molar-refractivity contribution in [2.75, 3.05) is 4.90 Å². The van der Waals surface area contributed by atoms with Gasteiger partial charge in [-0.25, -0.2) is 9.48 Å². The fourth-order valence-corrected chi connectivity index (χ4v) is 5.90. The molecule has 1 aliphatic carbocycles. The molecule has 218 valence electrons. The number of fused-ring (bicyclic) bond motifs is 1. The average molecular weight is 566 g/mol. The van der Waals surface area contributed by atoms with Crippen molar-refractivity contribution in [3.8, 4) is 11.1 Å². The Bertz CT molecular complexity index is 1560. The van der Waals surface area contributed by atoms with Gasteiger partial charge in [-0.15, -0.1) is 5.10 Å². The molecule has 1 saturated carbocycles. The number of rotatable bonds is 9. The average Bonchev–Trinajstić information content (AvgIpc) is 3.38. The molecule has 8 heteroatoms. The van der Waals surface area contributed by atoms with E-state index in [4.69, 9.17) is 0 Å². The first-order valence-corrected chi connectivity index (χ1v) is 14.7. The minimum Gasteiger partial charge on any atom is -0.465 e. The molecule has 42 heavy (non-hydrogen) atoms. The lowest BCUT2D eigenvalue weighted by Gasteiger charge is -2.38. The number of anilines is 1. The second-order valence-corrected chi connectivity index (χ2v) is 12.1. The van der Waals surface area contributed by atoms with E-state index in [1.165, 1.54) is 0 Å². The van der Waals surface area contributed by atoms with Crippen LogP contribution in [0.2, 0.25) is 0 Å². The zero-order valence-corrected chi connectivity index (χ0v) is 24.5. The number of hydrogen-bond acceptors (Lipinski definition) is 5. The summed E-state index contributed by atoms with van der Waals surface area (Å²) in [6, 6.07) is 21.7. The lowest BCUT2D eigenvalue weighted by Crippen LogP contribution is -2.49. The molecule has 1 heterocycles. The van der Waals surface area contributed by atoms with Gasteiger partial charge in [-0.2, -0.15) is 0 Å². The number of aldehydes is 1. The number of nitrogens with one attached hydrogen (secondary N) is 1. The van der Waals surface area contributed by atoms with Crippen LogP contribution in [0.3, 0.4) is 0 Å². The molecule has 1 aromatic heterocycles. The first-order valence-electron chi connectivity index (χ1n) is 14.7. The number of amides is 1. The zero-order valence-electron chi connectivity index (χ0n) is 24.5. The van der Waals surface area contributed by atoms with Crippen LogP contribution >= 0.6 is 0 Å². The zero-order chi connectivity index (χ0) is 29.7. The standard InChI is InChI=1S/C34H39N5O3/c1-34(2,3)35-27-14-16-28(17-15-27)39(33(41)42)32-22-24(12-18-29(32)26-10-5-4-6-11-26)9-7-8-20-38-31-19-13-25(23-40)21-30(31)36-37-38/h4-7,9-13,18-19,21-23,27-28,35H,8,14-17,20H2,1-3H3,(H,41,42)/t27-,28-. The Kier molecular flexibility index (Phi) is 8.83. The molecule has 3 aromatic carbocycles. The molecule has 8 nitrogen and oxygen atoms in total. The van der Waals surface area contributed by atoms with Gasteiger partial charge in [-0.3, -0.25) is 9.69 Å². The van der Waals surface area contributed by atoms with Crippen LogP contribution in [-0.4, -0.2) is 50.1 Å². The van der Waals surface area contributed by atoms with E-state index in [0.29, 0.717) is 23.7 Å². The highest BCUT2D eigenvalue weighted by Crippen LogP contribution is 2.37. The predicted octanol–water partition coefficient (Wildman–Crippen LogP) is 7.20. The van der Waals surface area contributed by atoms with Gasteiger partial charge in [0.1, 0.15) is 11.8 Å². The lowest BCUT2D eigenvalue weighted by molar-refractivity contribution is 0.112. The number of carboxylic acid groups (broad SMARTS) is 1. The summed E-state index contributed by atoms with van der Waals surface area (Å²) in [6.07, 6.45) is 8.23. The number of aromatic nitrogens is 3. The quantitative estimate of drug-likeness (QED) is 0.208. The fraction of sp³-hybridized carbons (Fsp3) is 0.353. The number of carbonyl (C=O) groups excluding carboxylic acids is 1. The third-order valence-electron chi connectivity index (χ3n) is 7.76. The first-order chi connectivity index (χ1) is 20.2. The molecular weight excluding hydrogens is 526 g/mol. The highest BCUT2D eigenvalue weighted by molar-refractivity contribution is 5.94. The van der Waals surface area contributed by atoms with Crippen molar-refractivity contribution in [3.63, 3.8) is 0 Å². The molecule has 1 aliphatic rings. The second-order valence-electron chi connectivity index (χ2n) is 12.1. The fourth-order valence-electron chi connectivity index (χ4n) is 5.90. The Labute approximate surface area is 247 Å². The van der Waals surface area contributed by atoms with Crippen molar-refractivity contribution in [1.29, 1.82) is 0 Å². The molecule has 0 spiro atoms. The third-order valence-corrected chi connectivity index (χ3v) is 7.76. The Balaban J connectivity index is 1.37. The molecule has 0 atom stereocenters. The molecule has 0 unspecified atom stereocenters. The van der Waals surface area contributed by atoms with E-state index in [-0.39, 0.29) is 11.6 Å². The molecule has 4 aromatic rings. The maximum Gasteiger partial charge on any atom is 0.412 e.